The summed E-state index contributed by atoms with van der Waals surface area (Å²) < 4.78 is 0. The van der Waals surface area contributed by atoms with Crippen molar-refractivity contribution < 1.29 is 9.90 Å². The first-order chi connectivity index (χ1) is 11.6. The second-order valence-corrected chi connectivity index (χ2v) is 6.55. The van der Waals surface area contributed by atoms with Crippen molar-refractivity contribution in [2.24, 2.45) is 0 Å². The topological polar surface area (TPSA) is 52.6 Å². The summed E-state index contributed by atoms with van der Waals surface area (Å²) in [6, 6.07) is 19.4. The van der Waals surface area contributed by atoms with E-state index >= 15 is 0 Å². The highest BCUT2D eigenvalue weighted by atomic mass is 16.3. The molecule has 126 valence electrons. The van der Waals surface area contributed by atoms with Gasteiger partial charge in [-0.25, -0.2) is 0 Å². The Morgan fingerprint density at radius 1 is 1.17 bits per heavy atom. The highest BCUT2D eigenvalue weighted by Crippen LogP contribution is 2.32. The molecule has 1 aliphatic heterocycles. The van der Waals surface area contributed by atoms with Crippen molar-refractivity contribution in [1.29, 1.82) is 0 Å². The average Bonchev–Trinajstić information content (AvgIpc) is 2.64. The van der Waals surface area contributed by atoms with E-state index in [4.69, 9.17) is 0 Å². The van der Waals surface area contributed by atoms with Gasteiger partial charge in [0.1, 0.15) is 0 Å². The lowest BCUT2D eigenvalue weighted by Crippen LogP contribution is -2.65. The second kappa shape index (κ2) is 7.16. The van der Waals surface area contributed by atoms with E-state index in [9.17, 15) is 9.90 Å². The summed E-state index contributed by atoms with van der Waals surface area (Å²) in [6.07, 6.45) is 0.832. The standard InChI is InChI=1S/C20H24N2O2/c1-20(12-13-22(20)14-16-8-4-2-5-9-16)19(24)21-18(15-23)17-10-6-3-7-11-17/h2-11,18,23H,12-15H2,1H3,(H,21,24)/t18-,20+/m1/s1. The zero-order valence-corrected chi connectivity index (χ0v) is 14.0. The molecule has 0 aromatic heterocycles. The Balaban J connectivity index is 1.67. The first-order valence-electron chi connectivity index (χ1n) is 8.39. The summed E-state index contributed by atoms with van der Waals surface area (Å²) in [5, 5.41) is 12.7. The van der Waals surface area contributed by atoms with Crippen LogP contribution in [0.15, 0.2) is 60.7 Å². The van der Waals surface area contributed by atoms with Crippen LogP contribution < -0.4 is 5.32 Å². The van der Waals surface area contributed by atoms with Crippen molar-refractivity contribution in [1.82, 2.24) is 10.2 Å². The molecule has 2 atom stereocenters. The van der Waals surface area contributed by atoms with E-state index in [0.29, 0.717) is 0 Å². The minimum atomic E-state index is -0.516. The molecule has 1 fully saturated rings. The molecule has 0 spiro atoms. The molecule has 0 radical (unpaired) electrons. The maximum absolute atomic E-state index is 12.8. The molecule has 0 saturated carbocycles. The Bertz CT molecular complexity index is 675. The van der Waals surface area contributed by atoms with Gasteiger partial charge >= 0.3 is 0 Å². The molecular formula is C20H24N2O2. The summed E-state index contributed by atoms with van der Waals surface area (Å²) in [5.74, 6) is -0.0208. The van der Waals surface area contributed by atoms with Gasteiger partial charge in [0, 0.05) is 13.1 Å². The smallest absolute Gasteiger partial charge is 0.240 e. The van der Waals surface area contributed by atoms with Gasteiger partial charge < -0.3 is 10.4 Å². The summed E-state index contributed by atoms with van der Waals surface area (Å²) in [6.45, 7) is 3.55. The minimum Gasteiger partial charge on any atom is -0.394 e. The molecular weight excluding hydrogens is 300 g/mol. The molecule has 4 heteroatoms. The van der Waals surface area contributed by atoms with Crippen LogP contribution in [0.3, 0.4) is 0 Å². The summed E-state index contributed by atoms with van der Waals surface area (Å²) in [5.41, 5.74) is 1.61. The first kappa shape index (κ1) is 16.7. The Kier molecular flexibility index (Phi) is 4.97. The van der Waals surface area contributed by atoms with E-state index < -0.39 is 5.54 Å². The molecule has 2 aromatic rings. The second-order valence-electron chi connectivity index (χ2n) is 6.55. The average molecular weight is 324 g/mol. The Labute approximate surface area is 143 Å². The van der Waals surface area contributed by atoms with Gasteiger partial charge in [-0.2, -0.15) is 0 Å². The number of benzene rings is 2. The van der Waals surface area contributed by atoms with Gasteiger partial charge in [0.25, 0.3) is 0 Å². The SMILES string of the molecule is C[C@@]1(C(=O)N[C@H](CO)c2ccccc2)CCN1Cc1ccccc1. The molecule has 1 aliphatic rings. The molecule has 2 N–H and O–H groups in total. The van der Waals surface area contributed by atoms with Crippen molar-refractivity contribution in [3.63, 3.8) is 0 Å². The number of nitrogens with one attached hydrogen (secondary N) is 1. The van der Waals surface area contributed by atoms with E-state index in [2.05, 4.69) is 22.3 Å². The predicted molar refractivity (Wildman–Crippen MR) is 94.3 cm³/mol. The van der Waals surface area contributed by atoms with Crippen LogP contribution in [-0.2, 0) is 11.3 Å². The number of nitrogens with zero attached hydrogens (tertiary/aromatic N) is 1. The maximum Gasteiger partial charge on any atom is 0.240 e. The van der Waals surface area contributed by atoms with Crippen LogP contribution in [0, 0.1) is 0 Å². The molecule has 4 nitrogen and oxygen atoms in total. The van der Waals surface area contributed by atoms with Crippen LogP contribution in [0.4, 0.5) is 0 Å². The molecule has 0 bridgehead atoms. The predicted octanol–water partition coefficient (Wildman–Crippen LogP) is 2.50. The van der Waals surface area contributed by atoms with Gasteiger partial charge in [0.2, 0.25) is 5.91 Å². The summed E-state index contributed by atoms with van der Waals surface area (Å²) >= 11 is 0. The monoisotopic (exact) mass is 324 g/mol. The Hall–Kier alpha value is -2.17. The van der Waals surface area contributed by atoms with Crippen molar-refractivity contribution in [3.05, 3.63) is 71.8 Å². The third kappa shape index (κ3) is 3.35. The zero-order valence-electron chi connectivity index (χ0n) is 14.0. The van der Waals surface area contributed by atoms with E-state index in [0.717, 1.165) is 25.1 Å². The number of rotatable bonds is 6. The normalized spacial score (nSPS) is 21.8. The molecule has 0 unspecified atom stereocenters. The molecule has 24 heavy (non-hydrogen) atoms. The number of likely N-dealkylation sites (tertiary alicyclic amines) is 1. The van der Waals surface area contributed by atoms with Crippen molar-refractivity contribution in [2.75, 3.05) is 13.2 Å². The first-order valence-corrected chi connectivity index (χ1v) is 8.39. The lowest BCUT2D eigenvalue weighted by atomic mass is 9.84. The van der Waals surface area contributed by atoms with Crippen LogP contribution in [-0.4, -0.2) is 34.6 Å². The Morgan fingerprint density at radius 2 is 1.79 bits per heavy atom. The van der Waals surface area contributed by atoms with Crippen molar-refractivity contribution >= 4 is 5.91 Å². The van der Waals surface area contributed by atoms with E-state index in [1.165, 1.54) is 5.56 Å². The summed E-state index contributed by atoms with van der Waals surface area (Å²) in [7, 11) is 0. The quantitative estimate of drug-likeness (QED) is 0.858. The van der Waals surface area contributed by atoms with Gasteiger partial charge in [-0.1, -0.05) is 60.7 Å². The minimum absolute atomic E-state index is 0.0208. The van der Waals surface area contributed by atoms with Crippen LogP contribution in [0.5, 0.6) is 0 Å². The van der Waals surface area contributed by atoms with Gasteiger partial charge in [0.05, 0.1) is 18.2 Å². The van der Waals surface area contributed by atoms with E-state index in [1.54, 1.807) is 0 Å². The number of aliphatic hydroxyl groups excluding tert-OH is 1. The van der Waals surface area contributed by atoms with Gasteiger partial charge in [-0.05, 0) is 24.5 Å². The third-order valence-corrected chi connectivity index (χ3v) is 4.96. The number of carbonyl (C=O) groups excluding carboxylic acids is 1. The largest absolute Gasteiger partial charge is 0.394 e. The number of hydrogen-bond acceptors (Lipinski definition) is 3. The molecule has 1 saturated heterocycles. The van der Waals surface area contributed by atoms with Gasteiger partial charge in [-0.15, -0.1) is 0 Å². The Morgan fingerprint density at radius 3 is 2.33 bits per heavy atom. The van der Waals surface area contributed by atoms with Crippen molar-refractivity contribution in [3.8, 4) is 0 Å². The van der Waals surface area contributed by atoms with E-state index in [1.807, 2.05) is 55.5 Å². The highest BCUT2D eigenvalue weighted by Gasteiger charge is 2.47. The number of aliphatic hydroxyl groups is 1. The third-order valence-electron chi connectivity index (χ3n) is 4.96. The van der Waals surface area contributed by atoms with Crippen LogP contribution in [0.1, 0.15) is 30.5 Å². The van der Waals surface area contributed by atoms with Crippen LogP contribution in [0.2, 0.25) is 0 Å². The molecule has 2 aromatic carbocycles. The fraction of sp³-hybridized carbons (Fsp3) is 0.350. The number of carbonyl (C=O) groups is 1. The van der Waals surface area contributed by atoms with Gasteiger partial charge in [0.15, 0.2) is 0 Å². The molecule has 1 heterocycles. The fourth-order valence-electron chi connectivity index (χ4n) is 3.15. The van der Waals surface area contributed by atoms with E-state index in [-0.39, 0.29) is 18.6 Å². The molecule has 3 rings (SSSR count). The van der Waals surface area contributed by atoms with Crippen LogP contribution >= 0.6 is 0 Å². The molecule has 1 amide bonds. The summed E-state index contributed by atoms with van der Waals surface area (Å²) in [4.78, 5) is 15.0. The lowest BCUT2D eigenvalue weighted by Gasteiger charge is -2.49. The number of amides is 1. The molecule has 0 aliphatic carbocycles. The highest BCUT2D eigenvalue weighted by molar-refractivity contribution is 5.87. The van der Waals surface area contributed by atoms with Crippen molar-refractivity contribution in [2.45, 2.75) is 31.5 Å². The van der Waals surface area contributed by atoms with Gasteiger partial charge in [-0.3, -0.25) is 9.69 Å². The maximum atomic E-state index is 12.8. The number of hydrogen-bond donors (Lipinski definition) is 2. The fourth-order valence-corrected chi connectivity index (χ4v) is 3.15. The van der Waals surface area contributed by atoms with Crippen LogP contribution in [0.25, 0.3) is 0 Å². The lowest BCUT2D eigenvalue weighted by molar-refractivity contribution is -0.143. The zero-order chi connectivity index (χ0) is 17.0.